The molecule has 0 amide bonds. The molecule has 0 aliphatic rings. The highest BCUT2D eigenvalue weighted by molar-refractivity contribution is 7.98. The third-order valence-corrected chi connectivity index (χ3v) is 4.69. The van der Waals surface area contributed by atoms with Gasteiger partial charge in [-0.15, -0.1) is 11.8 Å². The maximum absolute atomic E-state index is 9.03. The van der Waals surface area contributed by atoms with E-state index in [0.717, 1.165) is 22.2 Å². The van der Waals surface area contributed by atoms with Crippen molar-refractivity contribution in [2.75, 3.05) is 5.32 Å². The molecule has 0 saturated heterocycles. The Hall–Kier alpha value is -2.84. The van der Waals surface area contributed by atoms with Crippen LogP contribution in [0.3, 0.4) is 0 Å². The molecule has 124 valence electrons. The van der Waals surface area contributed by atoms with E-state index in [4.69, 9.17) is 5.26 Å². The van der Waals surface area contributed by atoms with Crippen molar-refractivity contribution in [3.05, 3.63) is 83.7 Å². The van der Waals surface area contributed by atoms with E-state index in [2.05, 4.69) is 33.5 Å². The highest BCUT2D eigenvalue weighted by Crippen LogP contribution is 2.23. The lowest BCUT2D eigenvalue weighted by Gasteiger charge is -2.15. The van der Waals surface area contributed by atoms with E-state index in [1.165, 1.54) is 5.56 Å². The molecule has 0 fully saturated rings. The zero-order chi connectivity index (χ0) is 17.5. The second kappa shape index (κ2) is 8.32. The number of rotatable bonds is 6. The van der Waals surface area contributed by atoms with Crippen molar-refractivity contribution in [1.82, 2.24) is 9.97 Å². The van der Waals surface area contributed by atoms with Gasteiger partial charge in [-0.05, 0) is 30.2 Å². The zero-order valence-electron chi connectivity index (χ0n) is 13.9. The monoisotopic (exact) mass is 346 g/mol. The Bertz CT molecular complexity index is 874. The molecular formula is C20H18N4S. The number of hydrogen-bond acceptors (Lipinski definition) is 5. The summed E-state index contributed by atoms with van der Waals surface area (Å²) in [4.78, 5) is 8.90. The third-order valence-electron chi connectivity index (χ3n) is 3.72. The van der Waals surface area contributed by atoms with Gasteiger partial charge in [0.05, 0.1) is 30.1 Å². The van der Waals surface area contributed by atoms with Crippen LogP contribution in [0.15, 0.2) is 72.0 Å². The van der Waals surface area contributed by atoms with Gasteiger partial charge in [-0.25, -0.2) is 4.98 Å². The second-order valence-corrected chi connectivity index (χ2v) is 6.62. The molecule has 3 rings (SSSR count). The molecular weight excluding hydrogens is 328 g/mol. The van der Waals surface area contributed by atoms with Gasteiger partial charge in [-0.2, -0.15) is 5.26 Å². The van der Waals surface area contributed by atoms with Crippen LogP contribution in [-0.2, 0) is 5.75 Å². The van der Waals surface area contributed by atoms with Crippen LogP contribution in [0.1, 0.15) is 29.7 Å². The van der Waals surface area contributed by atoms with Gasteiger partial charge in [0.25, 0.3) is 0 Å². The van der Waals surface area contributed by atoms with E-state index >= 15 is 0 Å². The second-order valence-electron chi connectivity index (χ2n) is 5.62. The first-order valence-electron chi connectivity index (χ1n) is 8.00. The van der Waals surface area contributed by atoms with Gasteiger partial charge >= 0.3 is 0 Å². The third kappa shape index (κ3) is 4.82. The fraction of sp³-hybridized carbons (Fsp3) is 0.150. The summed E-state index contributed by atoms with van der Waals surface area (Å²) < 4.78 is 0. The van der Waals surface area contributed by atoms with Crippen molar-refractivity contribution in [2.45, 2.75) is 23.7 Å². The first-order valence-corrected chi connectivity index (χ1v) is 8.98. The topological polar surface area (TPSA) is 61.6 Å². The minimum Gasteiger partial charge on any atom is -0.362 e. The van der Waals surface area contributed by atoms with Gasteiger partial charge in [-0.1, -0.05) is 42.5 Å². The number of nitrogens with one attached hydrogen (secondary N) is 1. The Balaban J connectivity index is 1.65. The molecule has 5 heteroatoms. The normalized spacial score (nSPS) is 11.5. The summed E-state index contributed by atoms with van der Waals surface area (Å²) in [6, 6.07) is 20.1. The molecule has 1 atom stereocenters. The van der Waals surface area contributed by atoms with Crippen molar-refractivity contribution in [2.24, 2.45) is 0 Å². The number of anilines is 1. The zero-order valence-corrected chi connectivity index (χ0v) is 14.7. The first-order chi connectivity index (χ1) is 12.2. The minimum absolute atomic E-state index is 0.0389. The highest BCUT2D eigenvalue weighted by atomic mass is 32.2. The standard InChI is InChI=1S/C20H18N4S/c1-15(18-9-5-8-17(10-18)11-21)23-19-12-22-13-20(24-19)25-14-16-6-3-2-4-7-16/h2-10,12-13,15H,14H2,1H3,(H,23,24). The maximum atomic E-state index is 9.03. The predicted octanol–water partition coefficient (Wildman–Crippen LogP) is 4.81. The Morgan fingerprint density at radius 3 is 2.76 bits per heavy atom. The summed E-state index contributed by atoms with van der Waals surface area (Å²) in [7, 11) is 0. The van der Waals surface area contributed by atoms with E-state index in [0.29, 0.717) is 5.56 Å². The Labute approximate surface area is 152 Å². The van der Waals surface area contributed by atoms with E-state index in [9.17, 15) is 0 Å². The molecule has 1 heterocycles. The molecule has 25 heavy (non-hydrogen) atoms. The van der Waals surface area contributed by atoms with Crippen molar-refractivity contribution in [3.8, 4) is 6.07 Å². The van der Waals surface area contributed by atoms with Gasteiger partial charge in [0.1, 0.15) is 10.8 Å². The minimum atomic E-state index is 0.0389. The molecule has 3 aromatic rings. The molecule has 0 spiro atoms. The summed E-state index contributed by atoms with van der Waals surface area (Å²) in [6.07, 6.45) is 3.50. The van der Waals surface area contributed by atoms with Gasteiger partial charge in [0.15, 0.2) is 0 Å². The largest absolute Gasteiger partial charge is 0.362 e. The quantitative estimate of drug-likeness (QED) is 0.649. The van der Waals surface area contributed by atoms with Crippen LogP contribution in [0.2, 0.25) is 0 Å². The van der Waals surface area contributed by atoms with E-state index in [1.54, 1.807) is 30.2 Å². The lowest BCUT2D eigenvalue weighted by atomic mass is 10.1. The van der Waals surface area contributed by atoms with Crippen molar-refractivity contribution in [1.29, 1.82) is 5.26 Å². The Morgan fingerprint density at radius 1 is 1.12 bits per heavy atom. The van der Waals surface area contributed by atoms with E-state index in [1.807, 2.05) is 43.3 Å². The molecule has 2 aromatic carbocycles. The fourth-order valence-corrected chi connectivity index (χ4v) is 3.21. The molecule has 1 aromatic heterocycles. The smallest absolute Gasteiger partial charge is 0.146 e. The van der Waals surface area contributed by atoms with E-state index in [-0.39, 0.29) is 6.04 Å². The van der Waals surface area contributed by atoms with Gasteiger partial charge in [0, 0.05) is 5.75 Å². The number of nitrogens with zero attached hydrogens (tertiary/aromatic N) is 3. The van der Waals surface area contributed by atoms with Crippen LogP contribution in [0, 0.1) is 11.3 Å². The molecule has 1 N–H and O–H groups in total. The van der Waals surface area contributed by atoms with Crippen LogP contribution < -0.4 is 5.32 Å². The number of hydrogen-bond donors (Lipinski definition) is 1. The Kier molecular flexibility index (Phi) is 5.65. The summed E-state index contributed by atoms with van der Waals surface area (Å²) in [5, 5.41) is 13.3. The lowest BCUT2D eigenvalue weighted by molar-refractivity contribution is 0.862. The van der Waals surface area contributed by atoms with Crippen LogP contribution in [0.25, 0.3) is 0 Å². The highest BCUT2D eigenvalue weighted by Gasteiger charge is 2.08. The molecule has 1 unspecified atom stereocenters. The summed E-state index contributed by atoms with van der Waals surface area (Å²) in [6.45, 7) is 2.04. The molecule has 0 radical (unpaired) electrons. The molecule has 4 nitrogen and oxygen atoms in total. The number of nitriles is 1. The number of thioether (sulfide) groups is 1. The average molecular weight is 346 g/mol. The fourth-order valence-electron chi connectivity index (χ4n) is 2.40. The lowest BCUT2D eigenvalue weighted by Crippen LogP contribution is -2.08. The molecule has 0 saturated carbocycles. The van der Waals surface area contributed by atoms with Gasteiger partial charge < -0.3 is 5.32 Å². The van der Waals surface area contributed by atoms with Crippen molar-refractivity contribution in [3.63, 3.8) is 0 Å². The molecule has 0 aliphatic heterocycles. The summed E-state index contributed by atoms with van der Waals surface area (Å²) >= 11 is 1.66. The van der Waals surface area contributed by atoms with Crippen LogP contribution in [-0.4, -0.2) is 9.97 Å². The summed E-state index contributed by atoms with van der Waals surface area (Å²) in [5.41, 5.74) is 2.96. The van der Waals surface area contributed by atoms with Crippen molar-refractivity contribution >= 4 is 17.6 Å². The Morgan fingerprint density at radius 2 is 1.96 bits per heavy atom. The summed E-state index contributed by atoms with van der Waals surface area (Å²) in [5.74, 6) is 1.59. The number of aromatic nitrogens is 2. The maximum Gasteiger partial charge on any atom is 0.146 e. The number of benzene rings is 2. The predicted molar refractivity (Wildman–Crippen MR) is 101 cm³/mol. The van der Waals surface area contributed by atoms with Crippen molar-refractivity contribution < 1.29 is 0 Å². The van der Waals surface area contributed by atoms with Gasteiger partial charge in [-0.3, -0.25) is 4.98 Å². The first kappa shape index (κ1) is 17.0. The molecule has 0 bridgehead atoms. The SMILES string of the molecule is CC(Nc1cncc(SCc2ccccc2)n1)c1cccc(C#N)c1. The van der Waals surface area contributed by atoms with Crippen LogP contribution in [0.4, 0.5) is 5.82 Å². The van der Waals surface area contributed by atoms with Crippen LogP contribution >= 0.6 is 11.8 Å². The van der Waals surface area contributed by atoms with E-state index < -0.39 is 0 Å². The molecule has 0 aliphatic carbocycles. The van der Waals surface area contributed by atoms with Gasteiger partial charge in [0.2, 0.25) is 0 Å². The average Bonchev–Trinajstić information content (AvgIpc) is 2.67. The van der Waals surface area contributed by atoms with Crippen LogP contribution in [0.5, 0.6) is 0 Å².